The molecule has 1 aromatic carbocycles. The Morgan fingerprint density at radius 3 is 2.48 bits per heavy atom. The Labute approximate surface area is 119 Å². The number of para-hydroxylation sites is 2. The topological polar surface area (TPSA) is 116 Å². The number of H-pyrrole nitrogens is 1. The van der Waals surface area contributed by atoms with E-state index in [0.717, 1.165) is 4.90 Å². The molecule has 21 heavy (non-hydrogen) atoms. The number of hydrogen-bond acceptors (Lipinski definition) is 4. The normalized spacial score (nSPS) is 10.1. The van der Waals surface area contributed by atoms with Crippen LogP contribution in [0.5, 0.6) is 0 Å². The van der Waals surface area contributed by atoms with Crippen molar-refractivity contribution in [2.45, 2.75) is 0 Å². The van der Waals surface area contributed by atoms with Crippen molar-refractivity contribution in [3.8, 4) is 0 Å². The number of nitrogen functional groups attached to an aromatic ring is 1. The third-order valence-corrected chi connectivity index (χ3v) is 2.76. The van der Waals surface area contributed by atoms with Gasteiger partial charge in [-0.15, -0.1) is 0 Å². The van der Waals surface area contributed by atoms with Gasteiger partial charge in [0, 0.05) is 6.07 Å². The number of aliphatic carboxylic acids is 1. The lowest BCUT2D eigenvalue weighted by atomic mass is 10.2. The minimum absolute atomic E-state index is 0.00740. The zero-order chi connectivity index (χ0) is 15.4. The molecule has 0 saturated heterocycles. The molecule has 2 rings (SSSR count). The van der Waals surface area contributed by atoms with E-state index >= 15 is 0 Å². The van der Waals surface area contributed by atoms with Gasteiger partial charge in [0.05, 0.1) is 11.4 Å². The monoisotopic (exact) mass is 287 g/mol. The highest BCUT2D eigenvalue weighted by molar-refractivity contribution is 6.08. The number of carboxylic acid groups (broad SMARTS) is 1. The smallest absolute Gasteiger partial charge is 0.323 e. The summed E-state index contributed by atoms with van der Waals surface area (Å²) in [6, 6.07) is 10.5. The van der Waals surface area contributed by atoms with Gasteiger partial charge in [0.1, 0.15) is 12.2 Å². The molecular formula is C14H13N3O4. The van der Waals surface area contributed by atoms with Gasteiger partial charge in [-0.05, 0) is 18.2 Å². The summed E-state index contributed by atoms with van der Waals surface area (Å²) in [5, 5.41) is 8.98. The van der Waals surface area contributed by atoms with Crippen LogP contribution in [0, 0.1) is 0 Å². The lowest BCUT2D eigenvalue weighted by molar-refractivity contribution is -0.135. The van der Waals surface area contributed by atoms with Crippen molar-refractivity contribution in [2.24, 2.45) is 0 Å². The largest absolute Gasteiger partial charge is 0.480 e. The first kappa shape index (κ1) is 14.3. The Bertz CT molecular complexity index is 739. The van der Waals surface area contributed by atoms with Crippen LogP contribution in [0.3, 0.4) is 0 Å². The van der Waals surface area contributed by atoms with Crippen LogP contribution in [0.25, 0.3) is 0 Å². The number of nitrogens with two attached hydrogens (primary N) is 1. The number of anilines is 2. The number of carbonyl (C=O) groups is 2. The fourth-order valence-electron chi connectivity index (χ4n) is 1.85. The number of aromatic nitrogens is 1. The molecule has 0 aliphatic rings. The molecule has 1 aromatic heterocycles. The van der Waals surface area contributed by atoms with Gasteiger partial charge in [-0.3, -0.25) is 19.3 Å². The van der Waals surface area contributed by atoms with Crippen molar-refractivity contribution in [1.82, 2.24) is 4.98 Å². The maximum Gasteiger partial charge on any atom is 0.323 e. The number of nitrogens with zero attached hydrogens (tertiary/aromatic N) is 1. The lowest BCUT2D eigenvalue weighted by Gasteiger charge is -2.22. The van der Waals surface area contributed by atoms with E-state index in [1.807, 2.05) is 0 Å². The van der Waals surface area contributed by atoms with Crippen molar-refractivity contribution in [2.75, 3.05) is 17.2 Å². The minimum Gasteiger partial charge on any atom is -0.480 e. The molecule has 1 heterocycles. The number of nitrogens with one attached hydrogen (secondary N) is 1. The molecule has 1 amide bonds. The quantitative estimate of drug-likeness (QED) is 0.715. The van der Waals surface area contributed by atoms with E-state index in [9.17, 15) is 14.4 Å². The summed E-state index contributed by atoms with van der Waals surface area (Å²) in [5.74, 6) is -1.84. The van der Waals surface area contributed by atoms with Crippen LogP contribution < -0.4 is 16.2 Å². The van der Waals surface area contributed by atoms with Crippen LogP contribution in [0.4, 0.5) is 11.4 Å². The van der Waals surface area contributed by atoms with Crippen LogP contribution in [-0.4, -0.2) is 28.5 Å². The third kappa shape index (κ3) is 3.27. The third-order valence-electron chi connectivity index (χ3n) is 2.76. The van der Waals surface area contributed by atoms with E-state index in [1.165, 1.54) is 24.3 Å². The van der Waals surface area contributed by atoms with Crippen molar-refractivity contribution in [3.63, 3.8) is 0 Å². The van der Waals surface area contributed by atoms with Crippen LogP contribution in [0.1, 0.15) is 10.5 Å². The van der Waals surface area contributed by atoms with Crippen LogP contribution >= 0.6 is 0 Å². The first-order valence-corrected chi connectivity index (χ1v) is 6.06. The molecule has 0 bridgehead atoms. The van der Waals surface area contributed by atoms with Crippen molar-refractivity contribution >= 4 is 23.3 Å². The average Bonchev–Trinajstić information content (AvgIpc) is 2.45. The highest BCUT2D eigenvalue weighted by atomic mass is 16.4. The lowest BCUT2D eigenvalue weighted by Crippen LogP contribution is -2.37. The molecule has 0 atom stereocenters. The van der Waals surface area contributed by atoms with Crippen molar-refractivity contribution < 1.29 is 14.7 Å². The molecular weight excluding hydrogens is 274 g/mol. The van der Waals surface area contributed by atoms with Gasteiger partial charge in [-0.1, -0.05) is 18.2 Å². The first-order chi connectivity index (χ1) is 9.99. The summed E-state index contributed by atoms with van der Waals surface area (Å²) in [6.07, 6.45) is 0. The average molecular weight is 287 g/mol. The summed E-state index contributed by atoms with van der Waals surface area (Å²) in [4.78, 5) is 38.1. The molecule has 0 aliphatic heterocycles. The molecule has 0 spiro atoms. The molecule has 0 unspecified atom stereocenters. The molecule has 2 aromatic rings. The number of aromatic amines is 1. The van der Waals surface area contributed by atoms with E-state index in [-0.39, 0.29) is 17.1 Å². The van der Waals surface area contributed by atoms with Crippen LogP contribution in [0.15, 0.2) is 47.3 Å². The first-order valence-electron chi connectivity index (χ1n) is 6.06. The summed E-state index contributed by atoms with van der Waals surface area (Å²) in [7, 11) is 0. The van der Waals surface area contributed by atoms with Gasteiger partial charge in [0.2, 0.25) is 5.56 Å². The second-order valence-corrected chi connectivity index (χ2v) is 4.27. The summed E-state index contributed by atoms with van der Waals surface area (Å²) < 4.78 is 0. The van der Waals surface area contributed by atoms with Crippen molar-refractivity contribution in [1.29, 1.82) is 0 Å². The minimum atomic E-state index is -1.19. The second-order valence-electron chi connectivity index (χ2n) is 4.27. The van der Waals surface area contributed by atoms with Crippen LogP contribution in [-0.2, 0) is 4.79 Å². The Morgan fingerprint density at radius 2 is 1.86 bits per heavy atom. The fraction of sp³-hybridized carbons (Fsp3) is 0.0714. The maximum absolute atomic E-state index is 12.4. The van der Waals surface area contributed by atoms with E-state index in [0.29, 0.717) is 0 Å². The molecule has 7 heteroatoms. The van der Waals surface area contributed by atoms with Gasteiger partial charge in [-0.2, -0.15) is 0 Å². The highest BCUT2D eigenvalue weighted by Crippen LogP contribution is 2.23. The van der Waals surface area contributed by atoms with E-state index < -0.39 is 24.0 Å². The Balaban J connectivity index is 2.46. The molecule has 7 nitrogen and oxygen atoms in total. The molecule has 4 N–H and O–H groups in total. The second kappa shape index (κ2) is 5.91. The SMILES string of the molecule is Nc1ccccc1N(CC(=O)O)C(=O)c1cccc(=O)[nH]1. The maximum atomic E-state index is 12.4. The predicted molar refractivity (Wildman–Crippen MR) is 77.2 cm³/mol. The summed E-state index contributed by atoms with van der Waals surface area (Å²) in [5.41, 5.74) is 5.87. The number of rotatable bonds is 4. The standard InChI is InChI=1S/C14H13N3O4/c15-9-4-1-2-6-11(9)17(8-13(19)20)14(21)10-5-3-7-12(18)16-10/h1-7H,8,15H2,(H,16,18)(H,19,20). The molecule has 0 saturated carbocycles. The summed E-state index contributed by atoms with van der Waals surface area (Å²) >= 11 is 0. The fourth-order valence-corrected chi connectivity index (χ4v) is 1.85. The van der Waals surface area contributed by atoms with Gasteiger partial charge in [0.15, 0.2) is 0 Å². The van der Waals surface area contributed by atoms with E-state index in [4.69, 9.17) is 10.8 Å². The number of amides is 1. The molecule has 0 radical (unpaired) electrons. The molecule has 0 aliphatic carbocycles. The molecule has 0 fully saturated rings. The molecule has 108 valence electrons. The Hall–Kier alpha value is -3.09. The highest BCUT2D eigenvalue weighted by Gasteiger charge is 2.22. The van der Waals surface area contributed by atoms with Gasteiger partial charge < -0.3 is 15.8 Å². The number of carbonyl (C=O) groups excluding carboxylic acids is 1. The predicted octanol–water partition coefficient (Wildman–Crippen LogP) is 0.689. The zero-order valence-electron chi connectivity index (χ0n) is 10.9. The van der Waals surface area contributed by atoms with E-state index in [2.05, 4.69) is 4.98 Å². The van der Waals surface area contributed by atoms with Gasteiger partial charge in [0.25, 0.3) is 5.91 Å². The number of hydrogen-bond donors (Lipinski definition) is 3. The zero-order valence-corrected chi connectivity index (χ0v) is 10.9. The van der Waals surface area contributed by atoms with E-state index in [1.54, 1.807) is 18.2 Å². The number of pyridine rings is 1. The summed E-state index contributed by atoms with van der Waals surface area (Å²) in [6.45, 7) is -0.566. The van der Waals surface area contributed by atoms with Gasteiger partial charge >= 0.3 is 5.97 Å². The Kier molecular flexibility index (Phi) is 4.03. The van der Waals surface area contributed by atoms with Gasteiger partial charge in [-0.25, -0.2) is 0 Å². The number of carboxylic acids is 1. The van der Waals surface area contributed by atoms with Crippen LogP contribution in [0.2, 0.25) is 0 Å². The van der Waals surface area contributed by atoms with Crippen molar-refractivity contribution in [3.05, 3.63) is 58.5 Å². The number of benzene rings is 1. The Morgan fingerprint density at radius 1 is 1.14 bits per heavy atom.